The number of benzene rings is 2. The minimum absolute atomic E-state index is 0.00554. The standard InChI is InChI=1S/C22H24N2O4/c1-2-15-8-6-7-11-19(15)24-14-17(12-20(24)25)21(26)23-13-18(22(27)28)16-9-4-3-5-10-16/h3-11,17-18H,2,12-14H2,1H3,(H,23,26)(H,27,28). The largest absolute Gasteiger partial charge is 0.481 e. The van der Waals surface area contributed by atoms with Crippen LogP contribution < -0.4 is 10.2 Å². The lowest BCUT2D eigenvalue weighted by molar-refractivity contribution is -0.138. The maximum atomic E-state index is 12.6. The second-order valence-electron chi connectivity index (χ2n) is 6.93. The quantitative estimate of drug-likeness (QED) is 0.773. The molecule has 1 aliphatic heterocycles. The molecule has 0 radical (unpaired) electrons. The lowest BCUT2D eigenvalue weighted by atomic mass is 9.99. The van der Waals surface area contributed by atoms with Crippen molar-refractivity contribution in [3.05, 3.63) is 65.7 Å². The number of carboxylic acid groups (broad SMARTS) is 1. The van der Waals surface area contributed by atoms with Gasteiger partial charge in [0.2, 0.25) is 11.8 Å². The van der Waals surface area contributed by atoms with Crippen molar-refractivity contribution in [3.63, 3.8) is 0 Å². The van der Waals surface area contributed by atoms with Crippen LogP contribution in [0.1, 0.15) is 30.4 Å². The van der Waals surface area contributed by atoms with E-state index in [2.05, 4.69) is 5.32 Å². The van der Waals surface area contributed by atoms with E-state index >= 15 is 0 Å². The first-order chi connectivity index (χ1) is 13.5. The van der Waals surface area contributed by atoms with Gasteiger partial charge in [-0.25, -0.2) is 0 Å². The van der Waals surface area contributed by atoms with E-state index in [1.807, 2.05) is 37.3 Å². The van der Waals surface area contributed by atoms with Crippen molar-refractivity contribution in [2.45, 2.75) is 25.7 Å². The second kappa shape index (κ2) is 8.69. The van der Waals surface area contributed by atoms with Crippen molar-refractivity contribution in [2.75, 3.05) is 18.0 Å². The molecule has 1 fully saturated rings. The molecule has 146 valence electrons. The monoisotopic (exact) mass is 380 g/mol. The molecule has 0 aliphatic carbocycles. The summed E-state index contributed by atoms with van der Waals surface area (Å²) in [5, 5.41) is 12.2. The smallest absolute Gasteiger partial charge is 0.312 e. The van der Waals surface area contributed by atoms with Gasteiger partial charge in [0.25, 0.3) is 0 Å². The third kappa shape index (κ3) is 4.22. The molecule has 1 heterocycles. The third-order valence-corrected chi connectivity index (χ3v) is 5.14. The number of carbonyl (C=O) groups is 3. The second-order valence-corrected chi connectivity index (χ2v) is 6.93. The zero-order chi connectivity index (χ0) is 20.1. The van der Waals surface area contributed by atoms with E-state index in [-0.39, 0.29) is 24.8 Å². The molecule has 1 aliphatic rings. The average molecular weight is 380 g/mol. The van der Waals surface area contributed by atoms with Gasteiger partial charge in [-0.05, 0) is 23.6 Å². The zero-order valence-corrected chi connectivity index (χ0v) is 15.8. The Labute approximate surface area is 164 Å². The van der Waals surface area contributed by atoms with Crippen LogP contribution in [0.15, 0.2) is 54.6 Å². The summed E-state index contributed by atoms with van der Waals surface area (Å²) in [6.45, 7) is 2.33. The van der Waals surface area contributed by atoms with Gasteiger partial charge in [-0.1, -0.05) is 55.5 Å². The van der Waals surface area contributed by atoms with E-state index in [0.717, 1.165) is 17.7 Å². The molecule has 2 aromatic carbocycles. The fourth-order valence-electron chi connectivity index (χ4n) is 3.57. The summed E-state index contributed by atoms with van der Waals surface area (Å²) in [7, 11) is 0. The summed E-state index contributed by atoms with van der Waals surface area (Å²) in [6.07, 6.45) is 0.932. The van der Waals surface area contributed by atoms with Crippen LogP contribution in [0.5, 0.6) is 0 Å². The van der Waals surface area contributed by atoms with Crippen LogP contribution in [0.4, 0.5) is 5.69 Å². The summed E-state index contributed by atoms with van der Waals surface area (Å²) in [5.74, 6) is -2.67. The predicted molar refractivity (Wildman–Crippen MR) is 106 cm³/mol. The van der Waals surface area contributed by atoms with E-state index in [9.17, 15) is 19.5 Å². The molecule has 6 nitrogen and oxygen atoms in total. The van der Waals surface area contributed by atoms with Gasteiger partial charge in [-0.15, -0.1) is 0 Å². The molecular formula is C22H24N2O4. The van der Waals surface area contributed by atoms with Crippen molar-refractivity contribution in [1.82, 2.24) is 5.32 Å². The van der Waals surface area contributed by atoms with Gasteiger partial charge >= 0.3 is 5.97 Å². The highest BCUT2D eigenvalue weighted by Gasteiger charge is 2.36. The molecule has 2 unspecified atom stereocenters. The Morgan fingerprint density at radius 3 is 2.50 bits per heavy atom. The Morgan fingerprint density at radius 1 is 1.14 bits per heavy atom. The number of aliphatic carboxylic acids is 1. The number of amides is 2. The number of anilines is 1. The number of hydrogen-bond acceptors (Lipinski definition) is 3. The predicted octanol–water partition coefficient (Wildman–Crippen LogP) is 2.59. The van der Waals surface area contributed by atoms with Crippen LogP contribution in [0.25, 0.3) is 0 Å². The fourth-order valence-corrected chi connectivity index (χ4v) is 3.57. The van der Waals surface area contributed by atoms with Crippen LogP contribution in [0, 0.1) is 5.92 Å². The number of para-hydroxylation sites is 1. The minimum atomic E-state index is -0.993. The Bertz CT molecular complexity index is 866. The maximum absolute atomic E-state index is 12.6. The van der Waals surface area contributed by atoms with Crippen LogP contribution in [0.2, 0.25) is 0 Å². The number of nitrogens with zero attached hydrogens (tertiary/aromatic N) is 1. The maximum Gasteiger partial charge on any atom is 0.312 e. The van der Waals surface area contributed by atoms with Crippen LogP contribution >= 0.6 is 0 Å². The number of nitrogens with one attached hydrogen (secondary N) is 1. The lowest BCUT2D eigenvalue weighted by Crippen LogP contribution is -2.37. The first-order valence-electron chi connectivity index (χ1n) is 9.45. The molecule has 0 saturated carbocycles. The van der Waals surface area contributed by atoms with E-state index < -0.39 is 17.8 Å². The zero-order valence-electron chi connectivity index (χ0n) is 15.8. The van der Waals surface area contributed by atoms with Gasteiger partial charge in [-0.3, -0.25) is 14.4 Å². The van der Waals surface area contributed by atoms with Crippen molar-refractivity contribution in [2.24, 2.45) is 5.92 Å². The lowest BCUT2D eigenvalue weighted by Gasteiger charge is -2.20. The van der Waals surface area contributed by atoms with Gasteiger partial charge in [0.05, 0.1) is 11.8 Å². The van der Waals surface area contributed by atoms with Crippen molar-refractivity contribution >= 4 is 23.5 Å². The molecule has 3 rings (SSSR count). The molecule has 28 heavy (non-hydrogen) atoms. The molecule has 2 amide bonds. The van der Waals surface area contributed by atoms with Crippen LogP contribution in [-0.4, -0.2) is 36.0 Å². The van der Waals surface area contributed by atoms with Gasteiger partial charge in [0.1, 0.15) is 0 Å². The molecule has 0 aromatic heterocycles. The Hall–Kier alpha value is -3.15. The molecule has 1 saturated heterocycles. The molecule has 2 aromatic rings. The van der Waals surface area contributed by atoms with E-state index in [0.29, 0.717) is 12.1 Å². The van der Waals surface area contributed by atoms with E-state index in [1.54, 1.807) is 29.2 Å². The van der Waals surface area contributed by atoms with Gasteiger partial charge < -0.3 is 15.3 Å². The fraction of sp³-hybridized carbons (Fsp3) is 0.318. The SMILES string of the molecule is CCc1ccccc1N1CC(C(=O)NCC(C(=O)O)c2ccccc2)CC1=O. The molecule has 6 heteroatoms. The number of aryl methyl sites for hydroxylation is 1. The summed E-state index contributed by atoms with van der Waals surface area (Å²) in [5.41, 5.74) is 2.54. The topological polar surface area (TPSA) is 86.7 Å². The van der Waals surface area contributed by atoms with Crippen molar-refractivity contribution in [1.29, 1.82) is 0 Å². The number of hydrogen-bond donors (Lipinski definition) is 2. The van der Waals surface area contributed by atoms with E-state index in [4.69, 9.17) is 0 Å². The van der Waals surface area contributed by atoms with Crippen molar-refractivity contribution in [3.8, 4) is 0 Å². The summed E-state index contributed by atoms with van der Waals surface area (Å²) < 4.78 is 0. The van der Waals surface area contributed by atoms with E-state index in [1.165, 1.54) is 0 Å². The van der Waals surface area contributed by atoms with Gasteiger partial charge in [-0.2, -0.15) is 0 Å². The summed E-state index contributed by atoms with van der Waals surface area (Å²) in [6, 6.07) is 16.5. The minimum Gasteiger partial charge on any atom is -0.481 e. The summed E-state index contributed by atoms with van der Waals surface area (Å²) in [4.78, 5) is 38.3. The Kier molecular flexibility index (Phi) is 6.09. The van der Waals surface area contributed by atoms with Gasteiger partial charge in [0.15, 0.2) is 0 Å². The number of carboxylic acids is 1. The Morgan fingerprint density at radius 2 is 1.82 bits per heavy atom. The number of rotatable bonds is 7. The normalized spacial score (nSPS) is 17.4. The van der Waals surface area contributed by atoms with Crippen LogP contribution in [-0.2, 0) is 20.8 Å². The highest BCUT2D eigenvalue weighted by Crippen LogP contribution is 2.28. The van der Waals surface area contributed by atoms with Crippen molar-refractivity contribution < 1.29 is 19.5 Å². The average Bonchev–Trinajstić information content (AvgIpc) is 3.10. The molecule has 2 atom stereocenters. The summed E-state index contributed by atoms with van der Waals surface area (Å²) >= 11 is 0. The molecule has 2 N–H and O–H groups in total. The highest BCUT2D eigenvalue weighted by atomic mass is 16.4. The van der Waals surface area contributed by atoms with Gasteiger partial charge in [0, 0.05) is 25.2 Å². The molecule has 0 spiro atoms. The highest BCUT2D eigenvalue weighted by molar-refractivity contribution is 6.00. The molecular weight excluding hydrogens is 356 g/mol. The van der Waals surface area contributed by atoms with Crippen LogP contribution in [0.3, 0.4) is 0 Å². The number of carbonyl (C=O) groups excluding carboxylic acids is 2. The third-order valence-electron chi connectivity index (χ3n) is 5.14. The Balaban J connectivity index is 1.65. The molecule has 0 bridgehead atoms. The first kappa shape index (κ1) is 19.6. The first-order valence-corrected chi connectivity index (χ1v) is 9.45.